The van der Waals surface area contributed by atoms with Gasteiger partial charge in [0.25, 0.3) is 0 Å². The standard InChI is InChI=1S/C18H27ClN2O2/c1-5-16(14-8-6-7-9-15(14)19)21-11-10-13(12-21)20-17(22)23-18(2,3)4/h6-9,13,16H,5,10-12H2,1-4H3,(H,20,22)/t13-,16-/m0/s1. The number of amides is 1. The number of rotatable bonds is 4. The van der Waals surface area contributed by atoms with E-state index in [-0.39, 0.29) is 18.2 Å². The van der Waals surface area contributed by atoms with Gasteiger partial charge in [-0.2, -0.15) is 0 Å². The first kappa shape index (κ1) is 18.1. The second-order valence-electron chi connectivity index (χ2n) is 7.07. The van der Waals surface area contributed by atoms with Crippen molar-refractivity contribution in [2.45, 2.75) is 58.2 Å². The van der Waals surface area contributed by atoms with Crippen molar-refractivity contribution in [3.8, 4) is 0 Å². The summed E-state index contributed by atoms with van der Waals surface area (Å²) in [7, 11) is 0. The third-order valence-electron chi connectivity index (χ3n) is 4.03. The molecular formula is C18H27ClN2O2. The number of nitrogens with one attached hydrogen (secondary N) is 1. The second-order valence-corrected chi connectivity index (χ2v) is 7.48. The molecule has 0 saturated carbocycles. The number of nitrogens with zero attached hydrogens (tertiary/aromatic N) is 1. The van der Waals surface area contributed by atoms with Crippen LogP contribution in [0.15, 0.2) is 24.3 Å². The van der Waals surface area contributed by atoms with Crippen LogP contribution in [0.25, 0.3) is 0 Å². The summed E-state index contributed by atoms with van der Waals surface area (Å²) in [6.07, 6.45) is 1.58. The van der Waals surface area contributed by atoms with Crippen LogP contribution in [0.2, 0.25) is 5.02 Å². The van der Waals surface area contributed by atoms with E-state index in [1.165, 1.54) is 0 Å². The van der Waals surface area contributed by atoms with E-state index in [1.54, 1.807) is 0 Å². The van der Waals surface area contributed by atoms with Gasteiger partial charge in [0.05, 0.1) is 0 Å². The van der Waals surface area contributed by atoms with E-state index < -0.39 is 5.60 Å². The van der Waals surface area contributed by atoms with Crippen molar-refractivity contribution in [1.29, 1.82) is 0 Å². The number of benzene rings is 1. The van der Waals surface area contributed by atoms with Crippen molar-refractivity contribution in [2.24, 2.45) is 0 Å². The molecule has 1 aromatic rings. The van der Waals surface area contributed by atoms with Gasteiger partial charge in [-0.25, -0.2) is 4.79 Å². The van der Waals surface area contributed by atoms with E-state index in [0.717, 1.165) is 36.5 Å². The maximum atomic E-state index is 11.9. The van der Waals surface area contributed by atoms with Crippen LogP contribution >= 0.6 is 11.6 Å². The zero-order valence-corrected chi connectivity index (χ0v) is 15.2. The maximum absolute atomic E-state index is 11.9. The summed E-state index contributed by atoms with van der Waals surface area (Å²) in [4.78, 5) is 14.3. The monoisotopic (exact) mass is 338 g/mol. The Bertz CT molecular complexity index is 542. The number of hydrogen-bond donors (Lipinski definition) is 1. The zero-order valence-electron chi connectivity index (χ0n) is 14.4. The Morgan fingerprint density at radius 1 is 1.43 bits per heavy atom. The molecule has 0 spiro atoms. The summed E-state index contributed by atoms with van der Waals surface area (Å²) >= 11 is 6.35. The minimum atomic E-state index is -0.466. The second kappa shape index (κ2) is 7.54. The first-order valence-corrected chi connectivity index (χ1v) is 8.66. The summed E-state index contributed by atoms with van der Waals surface area (Å²) < 4.78 is 5.34. The smallest absolute Gasteiger partial charge is 0.407 e. The Kier molecular flexibility index (Phi) is 5.93. The molecule has 0 radical (unpaired) electrons. The van der Waals surface area contributed by atoms with Gasteiger partial charge >= 0.3 is 6.09 Å². The van der Waals surface area contributed by atoms with Gasteiger partial charge in [0.1, 0.15) is 5.60 Å². The molecule has 1 fully saturated rings. The predicted molar refractivity (Wildman–Crippen MR) is 93.8 cm³/mol. The molecule has 0 aromatic heterocycles. The molecule has 1 aromatic carbocycles. The van der Waals surface area contributed by atoms with Gasteiger partial charge in [-0.1, -0.05) is 36.7 Å². The zero-order chi connectivity index (χ0) is 17.0. The van der Waals surface area contributed by atoms with E-state index in [0.29, 0.717) is 0 Å². The Morgan fingerprint density at radius 2 is 2.13 bits per heavy atom. The quantitative estimate of drug-likeness (QED) is 0.885. The summed E-state index contributed by atoms with van der Waals surface area (Å²) in [6.45, 7) is 9.56. The lowest BCUT2D eigenvalue weighted by molar-refractivity contribution is 0.0504. The molecular weight excluding hydrogens is 312 g/mol. The summed E-state index contributed by atoms with van der Waals surface area (Å²) in [5.74, 6) is 0. The van der Waals surface area contributed by atoms with Crippen molar-refractivity contribution in [3.63, 3.8) is 0 Å². The SMILES string of the molecule is CC[C@@H](c1ccccc1Cl)N1CC[C@H](NC(=O)OC(C)(C)C)C1. The fourth-order valence-corrected chi connectivity index (χ4v) is 3.34. The van der Waals surface area contributed by atoms with Gasteiger partial charge in [0.2, 0.25) is 0 Å². The molecule has 1 aliphatic rings. The molecule has 4 nitrogen and oxygen atoms in total. The highest BCUT2D eigenvalue weighted by Gasteiger charge is 2.30. The van der Waals surface area contributed by atoms with E-state index in [4.69, 9.17) is 16.3 Å². The number of hydrogen-bond acceptors (Lipinski definition) is 3. The molecule has 5 heteroatoms. The minimum absolute atomic E-state index is 0.126. The molecule has 2 atom stereocenters. The molecule has 23 heavy (non-hydrogen) atoms. The Morgan fingerprint density at radius 3 is 2.74 bits per heavy atom. The molecule has 128 valence electrons. The lowest BCUT2D eigenvalue weighted by atomic mass is 10.0. The minimum Gasteiger partial charge on any atom is -0.444 e. The van der Waals surface area contributed by atoms with Gasteiger partial charge in [0.15, 0.2) is 0 Å². The molecule has 1 N–H and O–H groups in total. The van der Waals surface area contributed by atoms with Crippen molar-refractivity contribution < 1.29 is 9.53 Å². The molecule has 0 unspecified atom stereocenters. The first-order valence-electron chi connectivity index (χ1n) is 8.28. The largest absolute Gasteiger partial charge is 0.444 e. The van der Waals surface area contributed by atoms with Crippen molar-refractivity contribution in [3.05, 3.63) is 34.9 Å². The molecule has 1 amide bonds. The van der Waals surface area contributed by atoms with E-state index in [2.05, 4.69) is 23.2 Å². The third kappa shape index (κ3) is 5.11. The number of likely N-dealkylation sites (tertiary alicyclic amines) is 1. The Hall–Kier alpha value is -1.26. The number of alkyl carbamates (subject to hydrolysis) is 1. The van der Waals surface area contributed by atoms with Crippen LogP contribution in [0.4, 0.5) is 4.79 Å². The fraction of sp³-hybridized carbons (Fsp3) is 0.611. The molecule has 0 aliphatic carbocycles. The van der Waals surface area contributed by atoms with Gasteiger partial charge < -0.3 is 10.1 Å². The number of carbonyl (C=O) groups excluding carboxylic acids is 1. The normalized spacial score (nSPS) is 20.3. The average molecular weight is 339 g/mol. The van der Waals surface area contributed by atoms with Crippen LogP contribution in [-0.4, -0.2) is 35.7 Å². The third-order valence-corrected chi connectivity index (χ3v) is 4.38. The molecule has 1 saturated heterocycles. The van der Waals surface area contributed by atoms with Crippen LogP contribution in [0, 0.1) is 0 Å². The molecule has 2 rings (SSSR count). The number of ether oxygens (including phenoxy) is 1. The van der Waals surface area contributed by atoms with Crippen molar-refractivity contribution in [1.82, 2.24) is 10.2 Å². The summed E-state index contributed by atoms with van der Waals surface area (Å²) in [5.41, 5.74) is 0.695. The van der Waals surface area contributed by atoms with E-state index >= 15 is 0 Å². The Balaban J connectivity index is 1.96. The summed E-state index contributed by atoms with van der Waals surface area (Å²) in [6, 6.07) is 8.42. The molecule has 1 aliphatic heterocycles. The van der Waals surface area contributed by atoms with Crippen molar-refractivity contribution >= 4 is 17.7 Å². The fourth-order valence-electron chi connectivity index (χ4n) is 3.08. The predicted octanol–water partition coefficient (Wildman–Crippen LogP) is 4.39. The van der Waals surface area contributed by atoms with Crippen LogP contribution in [-0.2, 0) is 4.74 Å². The highest BCUT2D eigenvalue weighted by atomic mass is 35.5. The topological polar surface area (TPSA) is 41.6 Å². The van der Waals surface area contributed by atoms with Gasteiger partial charge in [-0.05, 0) is 45.2 Å². The number of halogens is 1. The highest BCUT2D eigenvalue weighted by Crippen LogP contribution is 2.32. The first-order chi connectivity index (χ1) is 10.8. The average Bonchev–Trinajstić information content (AvgIpc) is 2.87. The van der Waals surface area contributed by atoms with Crippen molar-refractivity contribution in [2.75, 3.05) is 13.1 Å². The van der Waals surface area contributed by atoms with Crippen LogP contribution < -0.4 is 5.32 Å². The van der Waals surface area contributed by atoms with Gasteiger partial charge in [0, 0.05) is 30.2 Å². The summed E-state index contributed by atoms with van der Waals surface area (Å²) in [5, 5.41) is 3.78. The van der Waals surface area contributed by atoms with Crippen LogP contribution in [0.5, 0.6) is 0 Å². The lowest BCUT2D eigenvalue weighted by Crippen LogP contribution is -2.40. The van der Waals surface area contributed by atoms with E-state index in [1.807, 2.05) is 39.0 Å². The van der Waals surface area contributed by atoms with Gasteiger partial charge in [-0.15, -0.1) is 0 Å². The van der Waals surface area contributed by atoms with Crippen LogP contribution in [0.3, 0.4) is 0 Å². The Labute approximate surface area is 144 Å². The van der Waals surface area contributed by atoms with Gasteiger partial charge in [-0.3, -0.25) is 4.90 Å². The number of carbonyl (C=O) groups is 1. The molecule has 0 bridgehead atoms. The highest BCUT2D eigenvalue weighted by molar-refractivity contribution is 6.31. The molecule has 1 heterocycles. The maximum Gasteiger partial charge on any atom is 0.407 e. The lowest BCUT2D eigenvalue weighted by Gasteiger charge is -2.28. The van der Waals surface area contributed by atoms with E-state index in [9.17, 15) is 4.79 Å². The van der Waals surface area contributed by atoms with Crippen LogP contribution in [0.1, 0.15) is 52.1 Å².